The van der Waals surface area contributed by atoms with E-state index in [0.717, 1.165) is 19.6 Å². The fourth-order valence-corrected chi connectivity index (χ4v) is 3.44. The lowest BCUT2D eigenvalue weighted by Gasteiger charge is -2.31. The molecule has 126 valence electrons. The van der Waals surface area contributed by atoms with Crippen LogP contribution in [0.2, 0.25) is 0 Å². The van der Waals surface area contributed by atoms with Gasteiger partial charge in [0.15, 0.2) is 5.76 Å². The summed E-state index contributed by atoms with van der Waals surface area (Å²) in [5, 5.41) is 2.99. The lowest BCUT2D eigenvalue weighted by Crippen LogP contribution is -2.45. The molecule has 6 nitrogen and oxygen atoms in total. The lowest BCUT2D eigenvalue weighted by atomic mass is 10.2. The molecule has 2 bridgehead atoms. The number of hydrogen-bond acceptors (Lipinski definition) is 5. The van der Waals surface area contributed by atoms with Crippen LogP contribution in [0.1, 0.15) is 23.2 Å². The van der Waals surface area contributed by atoms with Gasteiger partial charge >= 0.3 is 0 Å². The molecule has 0 radical (unpaired) electrons. The Balaban J connectivity index is 1.31. The number of furan rings is 1. The Morgan fingerprint density at radius 1 is 1.29 bits per heavy atom. The molecule has 2 aromatic heterocycles. The minimum absolute atomic E-state index is 0.0820. The molecule has 0 aliphatic carbocycles. The summed E-state index contributed by atoms with van der Waals surface area (Å²) >= 11 is 0. The quantitative estimate of drug-likeness (QED) is 0.909. The number of aromatic nitrogens is 1. The van der Waals surface area contributed by atoms with Crippen molar-refractivity contribution in [2.24, 2.45) is 0 Å². The first-order valence-electron chi connectivity index (χ1n) is 8.44. The molecule has 2 unspecified atom stereocenters. The third-order valence-electron chi connectivity index (χ3n) is 4.63. The molecule has 0 spiro atoms. The van der Waals surface area contributed by atoms with Crippen molar-refractivity contribution in [3.05, 3.63) is 42.3 Å². The summed E-state index contributed by atoms with van der Waals surface area (Å²) in [6.07, 6.45) is 6.33. The second kappa shape index (κ2) is 6.75. The highest BCUT2D eigenvalue weighted by atomic mass is 16.5. The number of carbonyl (C=O) groups excluding carboxylic acids is 1. The van der Waals surface area contributed by atoms with Crippen LogP contribution in [0.15, 0.2) is 41.1 Å². The topological polar surface area (TPSA) is 67.6 Å². The Labute approximate surface area is 140 Å². The van der Waals surface area contributed by atoms with Crippen molar-refractivity contribution in [2.45, 2.75) is 25.0 Å². The maximum atomic E-state index is 12.3. The number of ether oxygens (including phenoxy) is 1. The van der Waals surface area contributed by atoms with E-state index in [1.807, 2.05) is 6.07 Å². The van der Waals surface area contributed by atoms with E-state index in [2.05, 4.69) is 15.2 Å². The fourth-order valence-electron chi connectivity index (χ4n) is 3.44. The van der Waals surface area contributed by atoms with Crippen molar-refractivity contribution < 1.29 is 13.9 Å². The fraction of sp³-hybridized carbons (Fsp3) is 0.444. The van der Waals surface area contributed by atoms with Gasteiger partial charge in [0, 0.05) is 37.9 Å². The van der Waals surface area contributed by atoms with Gasteiger partial charge in [0.1, 0.15) is 5.69 Å². The van der Waals surface area contributed by atoms with Gasteiger partial charge in [0.05, 0.1) is 18.5 Å². The van der Waals surface area contributed by atoms with Crippen LogP contribution in [0.4, 0.5) is 0 Å². The minimum Gasteiger partial charge on any atom is -0.463 e. The Bertz CT molecular complexity index is 689. The summed E-state index contributed by atoms with van der Waals surface area (Å²) < 4.78 is 11.2. The zero-order valence-corrected chi connectivity index (χ0v) is 13.5. The Morgan fingerprint density at radius 3 is 2.88 bits per heavy atom. The first kappa shape index (κ1) is 15.4. The zero-order valence-electron chi connectivity index (χ0n) is 13.5. The van der Waals surface area contributed by atoms with Gasteiger partial charge < -0.3 is 14.5 Å². The lowest BCUT2D eigenvalue weighted by molar-refractivity contribution is -0.0375. The number of pyridine rings is 1. The Hall–Kier alpha value is -2.18. The highest BCUT2D eigenvalue weighted by Crippen LogP contribution is 2.25. The number of carbonyl (C=O) groups is 1. The molecule has 1 amide bonds. The monoisotopic (exact) mass is 327 g/mol. The van der Waals surface area contributed by atoms with Crippen LogP contribution in [-0.2, 0) is 4.74 Å². The van der Waals surface area contributed by atoms with Crippen molar-refractivity contribution >= 4 is 5.91 Å². The number of hydrogen-bond donors (Lipinski definition) is 1. The van der Waals surface area contributed by atoms with E-state index in [9.17, 15) is 4.79 Å². The van der Waals surface area contributed by atoms with Gasteiger partial charge in [-0.25, -0.2) is 0 Å². The molecule has 24 heavy (non-hydrogen) atoms. The van der Waals surface area contributed by atoms with Gasteiger partial charge in [0.25, 0.3) is 5.91 Å². The van der Waals surface area contributed by atoms with Crippen molar-refractivity contribution in [1.82, 2.24) is 15.2 Å². The largest absolute Gasteiger partial charge is 0.463 e. The molecule has 2 atom stereocenters. The van der Waals surface area contributed by atoms with Crippen molar-refractivity contribution in [3.8, 4) is 11.5 Å². The highest BCUT2D eigenvalue weighted by Gasteiger charge is 2.33. The number of morpholine rings is 1. The second-order valence-electron chi connectivity index (χ2n) is 6.38. The van der Waals surface area contributed by atoms with E-state index in [-0.39, 0.29) is 5.91 Å². The normalized spacial score (nSPS) is 23.3. The van der Waals surface area contributed by atoms with Crippen LogP contribution in [0, 0.1) is 0 Å². The van der Waals surface area contributed by atoms with E-state index in [1.165, 1.54) is 12.8 Å². The smallest absolute Gasteiger partial charge is 0.251 e. The number of amides is 1. The molecule has 4 heterocycles. The maximum Gasteiger partial charge on any atom is 0.251 e. The van der Waals surface area contributed by atoms with E-state index in [0.29, 0.717) is 35.8 Å². The number of fused-ring (bicyclic) bond motifs is 2. The van der Waals surface area contributed by atoms with Crippen molar-refractivity contribution in [3.63, 3.8) is 0 Å². The van der Waals surface area contributed by atoms with Gasteiger partial charge in [-0.2, -0.15) is 0 Å². The SMILES string of the molecule is O=C(NCCN1CC2CCC(C1)O2)c1ccnc(-c2ccco2)c1. The standard InChI is InChI=1S/C18H21N3O3/c22-18(13-5-6-19-16(10-13)17-2-1-9-23-17)20-7-8-21-11-14-3-4-15(12-21)24-14/h1-2,5-6,9-10,14-15H,3-4,7-8,11-12H2,(H,20,22). The van der Waals surface area contributed by atoms with E-state index >= 15 is 0 Å². The molecule has 1 N–H and O–H groups in total. The average Bonchev–Trinajstić information content (AvgIpc) is 3.25. The van der Waals surface area contributed by atoms with Gasteiger partial charge in [-0.1, -0.05) is 0 Å². The van der Waals surface area contributed by atoms with Crippen molar-refractivity contribution in [2.75, 3.05) is 26.2 Å². The average molecular weight is 327 g/mol. The Kier molecular flexibility index (Phi) is 4.32. The van der Waals surface area contributed by atoms with Gasteiger partial charge in [-0.15, -0.1) is 0 Å². The van der Waals surface area contributed by atoms with Crippen LogP contribution in [0.5, 0.6) is 0 Å². The highest BCUT2D eigenvalue weighted by molar-refractivity contribution is 5.94. The summed E-state index contributed by atoms with van der Waals surface area (Å²) in [6.45, 7) is 3.45. The van der Waals surface area contributed by atoms with Crippen LogP contribution >= 0.6 is 0 Å². The van der Waals surface area contributed by atoms with Gasteiger partial charge in [-0.3, -0.25) is 14.7 Å². The van der Waals surface area contributed by atoms with Crippen LogP contribution in [-0.4, -0.2) is 54.2 Å². The number of rotatable bonds is 5. The summed E-state index contributed by atoms with van der Waals surface area (Å²) in [4.78, 5) is 19.0. The molecule has 2 aliphatic rings. The molecule has 0 aromatic carbocycles. The molecular formula is C18H21N3O3. The molecule has 2 aromatic rings. The van der Waals surface area contributed by atoms with E-state index in [4.69, 9.17) is 9.15 Å². The molecule has 2 saturated heterocycles. The number of nitrogens with one attached hydrogen (secondary N) is 1. The van der Waals surface area contributed by atoms with E-state index in [1.54, 1.807) is 30.7 Å². The molecule has 4 rings (SSSR count). The predicted molar refractivity (Wildman–Crippen MR) is 88.6 cm³/mol. The molecule has 0 saturated carbocycles. The summed E-state index contributed by atoms with van der Waals surface area (Å²) in [5.74, 6) is 0.579. The first-order valence-corrected chi connectivity index (χ1v) is 8.44. The third kappa shape index (κ3) is 3.34. The molecule has 6 heteroatoms. The zero-order chi connectivity index (χ0) is 16.4. The third-order valence-corrected chi connectivity index (χ3v) is 4.63. The summed E-state index contributed by atoms with van der Waals surface area (Å²) in [5.41, 5.74) is 1.26. The van der Waals surface area contributed by atoms with Crippen molar-refractivity contribution in [1.29, 1.82) is 0 Å². The maximum absolute atomic E-state index is 12.3. The molecule has 2 aliphatic heterocycles. The Morgan fingerprint density at radius 2 is 2.12 bits per heavy atom. The van der Waals surface area contributed by atoms with Crippen LogP contribution in [0.25, 0.3) is 11.5 Å². The molecular weight excluding hydrogens is 306 g/mol. The predicted octanol–water partition coefficient (Wildman–Crippen LogP) is 1.93. The number of likely N-dealkylation sites (tertiary alicyclic amines) is 1. The summed E-state index contributed by atoms with van der Waals surface area (Å²) in [7, 11) is 0. The molecule has 2 fully saturated rings. The van der Waals surface area contributed by atoms with Crippen LogP contribution in [0.3, 0.4) is 0 Å². The van der Waals surface area contributed by atoms with E-state index < -0.39 is 0 Å². The first-order chi connectivity index (χ1) is 11.8. The minimum atomic E-state index is -0.0820. The van der Waals surface area contributed by atoms with Gasteiger partial charge in [0.2, 0.25) is 0 Å². The second-order valence-corrected chi connectivity index (χ2v) is 6.38. The van der Waals surface area contributed by atoms with Crippen LogP contribution < -0.4 is 5.32 Å². The van der Waals surface area contributed by atoms with Gasteiger partial charge in [-0.05, 0) is 37.1 Å². The summed E-state index contributed by atoms with van der Waals surface area (Å²) in [6, 6.07) is 7.11. The number of nitrogens with zero attached hydrogens (tertiary/aromatic N) is 2.